The van der Waals surface area contributed by atoms with Crippen LogP contribution in [0.2, 0.25) is 0 Å². The van der Waals surface area contributed by atoms with E-state index in [4.69, 9.17) is 0 Å². The van der Waals surface area contributed by atoms with E-state index < -0.39 is 0 Å². The first-order valence-corrected chi connectivity index (χ1v) is 7.22. The summed E-state index contributed by atoms with van der Waals surface area (Å²) in [6.45, 7) is 8.57. The van der Waals surface area contributed by atoms with Gasteiger partial charge in [0.15, 0.2) is 0 Å². The summed E-state index contributed by atoms with van der Waals surface area (Å²) in [5.41, 5.74) is 2.48. The van der Waals surface area contributed by atoms with Crippen molar-refractivity contribution in [1.82, 2.24) is 15.2 Å². The fraction of sp³-hybridized carbons (Fsp3) is 0.667. The first kappa shape index (κ1) is 13.5. The number of nitrogens with one attached hydrogen (secondary N) is 1. The van der Waals surface area contributed by atoms with Crippen LogP contribution in [0.3, 0.4) is 0 Å². The summed E-state index contributed by atoms with van der Waals surface area (Å²) in [4.78, 5) is 7.10. The van der Waals surface area contributed by atoms with Crippen molar-refractivity contribution < 1.29 is 0 Å². The third-order valence-corrected chi connectivity index (χ3v) is 3.48. The van der Waals surface area contributed by atoms with Gasteiger partial charge in [0.2, 0.25) is 0 Å². The van der Waals surface area contributed by atoms with Gasteiger partial charge in [-0.2, -0.15) is 0 Å². The Morgan fingerprint density at radius 3 is 2.72 bits per heavy atom. The molecule has 0 radical (unpaired) electrons. The quantitative estimate of drug-likeness (QED) is 0.716. The Morgan fingerprint density at radius 1 is 1.33 bits per heavy atom. The Balaban J connectivity index is 1.82. The van der Waals surface area contributed by atoms with Gasteiger partial charge in [-0.15, -0.1) is 0 Å². The summed E-state index contributed by atoms with van der Waals surface area (Å²) >= 11 is 0. The molecule has 0 spiro atoms. The average Bonchev–Trinajstić information content (AvgIpc) is 3.22. The molecular weight excluding hydrogens is 222 g/mol. The van der Waals surface area contributed by atoms with Crippen molar-refractivity contribution in [1.29, 1.82) is 0 Å². The van der Waals surface area contributed by atoms with E-state index in [0.717, 1.165) is 32.2 Å². The van der Waals surface area contributed by atoms with Crippen molar-refractivity contribution in [3.05, 3.63) is 29.6 Å². The van der Waals surface area contributed by atoms with Gasteiger partial charge >= 0.3 is 0 Å². The molecule has 1 aliphatic rings. The van der Waals surface area contributed by atoms with E-state index in [1.807, 2.05) is 6.20 Å². The second-order valence-electron chi connectivity index (χ2n) is 5.13. The lowest BCUT2D eigenvalue weighted by Crippen LogP contribution is -2.25. The lowest BCUT2D eigenvalue weighted by molar-refractivity contribution is 0.266. The summed E-state index contributed by atoms with van der Waals surface area (Å²) in [6, 6.07) is 5.20. The first-order chi connectivity index (χ1) is 8.83. The van der Waals surface area contributed by atoms with E-state index in [9.17, 15) is 0 Å². The van der Waals surface area contributed by atoms with Crippen LogP contribution in [0.25, 0.3) is 0 Å². The molecule has 2 rings (SSSR count). The molecule has 0 unspecified atom stereocenters. The number of hydrogen-bond acceptors (Lipinski definition) is 3. The SMILES string of the molecule is CCCNCc1ccc(CN(CC)C2CC2)nc1. The first-order valence-electron chi connectivity index (χ1n) is 7.22. The second kappa shape index (κ2) is 6.86. The molecule has 1 saturated carbocycles. The molecule has 0 aliphatic heterocycles. The normalized spacial score (nSPS) is 15.3. The lowest BCUT2D eigenvalue weighted by atomic mass is 10.2. The Kier molecular flexibility index (Phi) is 5.14. The lowest BCUT2D eigenvalue weighted by Gasteiger charge is -2.19. The summed E-state index contributed by atoms with van der Waals surface area (Å²) in [5.74, 6) is 0. The predicted molar refractivity (Wildman–Crippen MR) is 75.3 cm³/mol. The Bertz CT molecular complexity index is 343. The van der Waals surface area contributed by atoms with Crippen molar-refractivity contribution >= 4 is 0 Å². The average molecular weight is 247 g/mol. The molecular formula is C15H25N3. The van der Waals surface area contributed by atoms with Gasteiger partial charge in [-0.3, -0.25) is 9.88 Å². The third kappa shape index (κ3) is 4.07. The maximum atomic E-state index is 4.57. The highest BCUT2D eigenvalue weighted by Gasteiger charge is 2.27. The smallest absolute Gasteiger partial charge is 0.0544 e. The van der Waals surface area contributed by atoms with Crippen LogP contribution in [0.15, 0.2) is 18.3 Å². The number of rotatable bonds is 8. The number of aromatic nitrogens is 1. The van der Waals surface area contributed by atoms with Gasteiger partial charge in [0.1, 0.15) is 0 Å². The van der Waals surface area contributed by atoms with Gasteiger partial charge in [-0.1, -0.05) is 19.9 Å². The zero-order valence-corrected chi connectivity index (χ0v) is 11.7. The van der Waals surface area contributed by atoms with E-state index in [1.165, 1.54) is 30.5 Å². The number of hydrogen-bond donors (Lipinski definition) is 1. The second-order valence-corrected chi connectivity index (χ2v) is 5.13. The fourth-order valence-corrected chi connectivity index (χ4v) is 2.21. The largest absolute Gasteiger partial charge is 0.313 e. The molecule has 18 heavy (non-hydrogen) atoms. The predicted octanol–water partition coefficient (Wildman–Crippen LogP) is 2.57. The van der Waals surface area contributed by atoms with Crippen molar-refractivity contribution in [2.45, 2.75) is 52.2 Å². The fourth-order valence-electron chi connectivity index (χ4n) is 2.21. The van der Waals surface area contributed by atoms with Gasteiger partial charge < -0.3 is 5.32 Å². The zero-order chi connectivity index (χ0) is 12.8. The molecule has 3 nitrogen and oxygen atoms in total. The molecule has 100 valence electrons. The molecule has 3 heteroatoms. The zero-order valence-electron chi connectivity index (χ0n) is 11.7. The Morgan fingerprint density at radius 2 is 2.17 bits per heavy atom. The van der Waals surface area contributed by atoms with E-state index >= 15 is 0 Å². The molecule has 1 fully saturated rings. The van der Waals surface area contributed by atoms with E-state index in [-0.39, 0.29) is 0 Å². The Labute approximate surface area is 111 Å². The molecule has 0 saturated heterocycles. The van der Waals surface area contributed by atoms with Crippen LogP contribution in [0.4, 0.5) is 0 Å². The van der Waals surface area contributed by atoms with Gasteiger partial charge in [-0.25, -0.2) is 0 Å². The highest BCUT2D eigenvalue weighted by Crippen LogP contribution is 2.27. The maximum absolute atomic E-state index is 4.57. The van der Waals surface area contributed by atoms with Crippen LogP contribution in [-0.2, 0) is 13.1 Å². The molecule has 1 heterocycles. The molecule has 1 aromatic heterocycles. The standard InChI is InChI=1S/C15H25N3/c1-3-9-16-10-13-5-6-14(17-11-13)12-18(4-2)15-7-8-15/h5-6,11,15-16H,3-4,7-10,12H2,1-2H3. The van der Waals surface area contributed by atoms with E-state index in [0.29, 0.717) is 0 Å². The van der Waals surface area contributed by atoms with Crippen LogP contribution in [0.1, 0.15) is 44.4 Å². The molecule has 0 bridgehead atoms. The number of nitrogens with zero attached hydrogens (tertiary/aromatic N) is 2. The van der Waals surface area contributed by atoms with Crippen LogP contribution in [0.5, 0.6) is 0 Å². The highest BCUT2D eigenvalue weighted by atomic mass is 15.2. The van der Waals surface area contributed by atoms with Crippen molar-refractivity contribution in [2.75, 3.05) is 13.1 Å². The molecule has 1 aromatic rings. The summed E-state index contributed by atoms with van der Waals surface area (Å²) in [5, 5.41) is 3.40. The third-order valence-electron chi connectivity index (χ3n) is 3.48. The topological polar surface area (TPSA) is 28.2 Å². The molecule has 0 amide bonds. The summed E-state index contributed by atoms with van der Waals surface area (Å²) in [7, 11) is 0. The van der Waals surface area contributed by atoms with Gasteiger partial charge in [0.25, 0.3) is 0 Å². The van der Waals surface area contributed by atoms with E-state index in [1.54, 1.807) is 0 Å². The number of pyridine rings is 1. The van der Waals surface area contributed by atoms with Crippen LogP contribution >= 0.6 is 0 Å². The minimum atomic E-state index is 0.822. The van der Waals surface area contributed by atoms with Crippen LogP contribution in [-0.4, -0.2) is 29.0 Å². The van der Waals surface area contributed by atoms with Gasteiger partial charge in [-0.05, 0) is 44.0 Å². The molecule has 0 aromatic carbocycles. The van der Waals surface area contributed by atoms with Crippen molar-refractivity contribution in [3.8, 4) is 0 Å². The minimum absolute atomic E-state index is 0.822. The van der Waals surface area contributed by atoms with E-state index in [2.05, 4.69) is 41.2 Å². The van der Waals surface area contributed by atoms with Crippen molar-refractivity contribution in [3.63, 3.8) is 0 Å². The monoisotopic (exact) mass is 247 g/mol. The summed E-state index contributed by atoms with van der Waals surface area (Å²) < 4.78 is 0. The van der Waals surface area contributed by atoms with Crippen LogP contribution in [0, 0.1) is 0 Å². The minimum Gasteiger partial charge on any atom is -0.313 e. The maximum Gasteiger partial charge on any atom is 0.0544 e. The molecule has 0 atom stereocenters. The van der Waals surface area contributed by atoms with Crippen molar-refractivity contribution in [2.24, 2.45) is 0 Å². The molecule has 1 N–H and O–H groups in total. The highest BCUT2D eigenvalue weighted by molar-refractivity contribution is 5.14. The summed E-state index contributed by atoms with van der Waals surface area (Å²) in [6.07, 6.45) is 5.93. The van der Waals surface area contributed by atoms with Gasteiger partial charge in [0, 0.05) is 25.3 Å². The Hall–Kier alpha value is -0.930. The molecule has 1 aliphatic carbocycles. The van der Waals surface area contributed by atoms with Crippen LogP contribution < -0.4 is 5.32 Å². The van der Waals surface area contributed by atoms with Gasteiger partial charge in [0.05, 0.1) is 5.69 Å².